The van der Waals surface area contributed by atoms with Crippen molar-refractivity contribution >= 4 is 21.6 Å². The molecule has 0 unspecified atom stereocenters. The number of alkyl halides is 3. The Morgan fingerprint density at radius 2 is 1.62 bits per heavy atom. The third kappa shape index (κ3) is 6.64. The number of hydrogen-bond donors (Lipinski definition) is 2. The zero-order valence-electron chi connectivity index (χ0n) is 18.1. The van der Waals surface area contributed by atoms with E-state index < -0.39 is 39.5 Å². The predicted molar refractivity (Wildman–Crippen MR) is 120 cm³/mol. The van der Waals surface area contributed by atoms with Crippen LogP contribution in [0, 0.1) is 5.82 Å². The number of nitrogens with one attached hydrogen (secondary N) is 2. The van der Waals surface area contributed by atoms with Crippen LogP contribution in [0.5, 0.6) is 0 Å². The lowest BCUT2D eigenvalue weighted by atomic mass is 10.1. The molecule has 3 rings (SSSR count). The second kappa shape index (κ2) is 10.4. The van der Waals surface area contributed by atoms with Crippen LogP contribution in [0.4, 0.5) is 23.2 Å². The monoisotopic (exact) mass is 494 g/mol. The number of hydrogen-bond acceptors (Lipinski definition) is 3. The van der Waals surface area contributed by atoms with Crippen LogP contribution in [0.1, 0.15) is 36.1 Å². The maximum atomic E-state index is 13.4. The summed E-state index contributed by atoms with van der Waals surface area (Å²) >= 11 is 0. The van der Waals surface area contributed by atoms with Gasteiger partial charge in [0.05, 0.1) is 10.5 Å². The average molecular weight is 495 g/mol. The van der Waals surface area contributed by atoms with Crippen molar-refractivity contribution in [1.82, 2.24) is 4.72 Å². The molecule has 5 nitrogen and oxygen atoms in total. The summed E-state index contributed by atoms with van der Waals surface area (Å²) in [7, 11) is -3.77. The summed E-state index contributed by atoms with van der Waals surface area (Å²) in [6.45, 7) is 1.73. The first-order chi connectivity index (χ1) is 16.0. The molecule has 0 aliphatic carbocycles. The Labute approximate surface area is 194 Å². The maximum absolute atomic E-state index is 13.4. The van der Waals surface area contributed by atoms with Crippen molar-refractivity contribution in [2.75, 3.05) is 5.32 Å². The summed E-state index contributed by atoms with van der Waals surface area (Å²) in [6.07, 6.45) is -4.71. The molecule has 10 heteroatoms. The number of carbonyl (C=O) groups is 1. The summed E-state index contributed by atoms with van der Waals surface area (Å²) in [5.41, 5.74) is -0.145. The zero-order chi connectivity index (χ0) is 24.9. The van der Waals surface area contributed by atoms with Gasteiger partial charge in [0.15, 0.2) is 0 Å². The van der Waals surface area contributed by atoms with Crippen LogP contribution in [-0.2, 0) is 27.4 Å². The van der Waals surface area contributed by atoms with Gasteiger partial charge in [-0.05, 0) is 54.8 Å². The molecule has 0 aliphatic rings. The number of benzene rings is 3. The van der Waals surface area contributed by atoms with E-state index in [1.807, 2.05) is 30.3 Å². The molecule has 1 atom stereocenters. The molecule has 3 aromatic rings. The first kappa shape index (κ1) is 25.4. The lowest BCUT2D eigenvalue weighted by Gasteiger charge is -2.15. The molecule has 1 amide bonds. The summed E-state index contributed by atoms with van der Waals surface area (Å²) in [5.74, 6) is -1.98. The van der Waals surface area contributed by atoms with Crippen LogP contribution in [0.25, 0.3) is 0 Å². The molecule has 0 bridgehead atoms. The number of aryl methyl sites for hydroxylation is 1. The van der Waals surface area contributed by atoms with Gasteiger partial charge in [0.2, 0.25) is 15.9 Å². The molecule has 0 aliphatic heterocycles. The van der Waals surface area contributed by atoms with Crippen molar-refractivity contribution in [3.63, 3.8) is 0 Å². The number of anilines is 1. The SMILES string of the molecule is C[C@H](NS(=O)(=O)c1ccc(CCC(=O)Nc2ccc(F)c(C(F)(F)F)c2)cc1)c1ccccc1. The molecule has 0 radical (unpaired) electrons. The molecule has 0 spiro atoms. The van der Waals surface area contributed by atoms with E-state index in [2.05, 4.69) is 10.0 Å². The van der Waals surface area contributed by atoms with Crippen LogP contribution in [-0.4, -0.2) is 14.3 Å². The van der Waals surface area contributed by atoms with Gasteiger partial charge in [0.25, 0.3) is 0 Å². The standard InChI is InChI=1S/C24H22F4N2O3S/c1-16(18-5-3-2-4-6-18)30-34(32,33)20-11-7-17(8-12-20)9-14-23(31)29-19-10-13-22(25)21(15-19)24(26,27)28/h2-8,10-13,15-16,30H,9,14H2,1H3,(H,29,31)/t16-/m0/s1. The van der Waals surface area contributed by atoms with Crippen LogP contribution in [0.15, 0.2) is 77.7 Å². The van der Waals surface area contributed by atoms with Gasteiger partial charge in [-0.2, -0.15) is 13.2 Å². The molecule has 3 aromatic carbocycles. The van der Waals surface area contributed by atoms with Crippen molar-refractivity contribution in [3.05, 3.63) is 95.3 Å². The third-order valence-electron chi connectivity index (χ3n) is 5.06. The number of rotatable bonds is 8. The summed E-state index contributed by atoms with van der Waals surface area (Å²) < 4.78 is 79.7. The molecular formula is C24H22F4N2O3S. The molecule has 0 saturated heterocycles. The molecule has 0 fully saturated rings. The quantitative estimate of drug-likeness (QED) is 0.409. The Morgan fingerprint density at radius 3 is 2.24 bits per heavy atom. The van der Waals surface area contributed by atoms with Gasteiger partial charge in [-0.3, -0.25) is 4.79 Å². The van der Waals surface area contributed by atoms with Gasteiger partial charge in [0.1, 0.15) is 5.82 Å². The predicted octanol–water partition coefficient (Wildman–Crippen LogP) is 5.46. The van der Waals surface area contributed by atoms with E-state index in [1.54, 1.807) is 19.1 Å². The van der Waals surface area contributed by atoms with E-state index in [-0.39, 0.29) is 23.4 Å². The van der Waals surface area contributed by atoms with E-state index >= 15 is 0 Å². The van der Waals surface area contributed by atoms with Crippen LogP contribution < -0.4 is 10.0 Å². The minimum atomic E-state index is -4.87. The highest BCUT2D eigenvalue weighted by Gasteiger charge is 2.34. The topological polar surface area (TPSA) is 75.3 Å². The second-order valence-corrected chi connectivity index (χ2v) is 9.35. The van der Waals surface area contributed by atoms with E-state index in [9.17, 15) is 30.8 Å². The summed E-state index contributed by atoms with van der Waals surface area (Å²) in [4.78, 5) is 12.2. The number of carbonyl (C=O) groups excluding carboxylic acids is 1. The average Bonchev–Trinajstić information content (AvgIpc) is 2.79. The third-order valence-corrected chi connectivity index (χ3v) is 6.62. The molecule has 34 heavy (non-hydrogen) atoms. The van der Waals surface area contributed by atoms with E-state index in [1.165, 1.54) is 12.1 Å². The fourth-order valence-corrected chi connectivity index (χ4v) is 4.48. The Hall–Kier alpha value is -3.24. The van der Waals surface area contributed by atoms with E-state index in [0.29, 0.717) is 17.7 Å². The minimum absolute atomic E-state index is 0.0614. The second-order valence-electron chi connectivity index (χ2n) is 7.64. The van der Waals surface area contributed by atoms with E-state index in [0.717, 1.165) is 11.6 Å². The largest absolute Gasteiger partial charge is 0.419 e. The van der Waals surface area contributed by atoms with Gasteiger partial charge in [0, 0.05) is 18.2 Å². The molecule has 0 saturated carbocycles. The Balaban J connectivity index is 1.58. The fourth-order valence-electron chi connectivity index (χ4n) is 3.25. The molecule has 180 valence electrons. The number of halogens is 4. The highest BCUT2D eigenvalue weighted by molar-refractivity contribution is 7.89. The molecule has 0 heterocycles. The molecule has 2 N–H and O–H groups in total. The lowest BCUT2D eigenvalue weighted by Crippen LogP contribution is -2.26. The van der Waals surface area contributed by atoms with Crippen LogP contribution >= 0.6 is 0 Å². The van der Waals surface area contributed by atoms with Gasteiger partial charge in [-0.15, -0.1) is 0 Å². The van der Waals surface area contributed by atoms with Crippen molar-refractivity contribution in [2.24, 2.45) is 0 Å². The zero-order valence-corrected chi connectivity index (χ0v) is 18.9. The number of sulfonamides is 1. The van der Waals surface area contributed by atoms with Gasteiger partial charge < -0.3 is 5.32 Å². The maximum Gasteiger partial charge on any atom is 0.419 e. The highest BCUT2D eigenvalue weighted by Crippen LogP contribution is 2.33. The first-order valence-electron chi connectivity index (χ1n) is 10.3. The Kier molecular flexibility index (Phi) is 7.73. The Morgan fingerprint density at radius 1 is 0.971 bits per heavy atom. The lowest BCUT2D eigenvalue weighted by molar-refractivity contribution is -0.140. The minimum Gasteiger partial charge on any atom is -0.326 e. The summed E-state index contributed by atoms with van der Waals surface area (Å²) in [6, 6.07) is 16.9. The van der Waals surface area contributed by atoms with E-state index in [4.69, 9.17) is 0 Å². The Bertz CT molecular complexity index is 1250. The van der Waals surface area contributed by atoms with Crippen LogP contribution in [0.2, 0.25) is 0 Å². The van der Waals surface area contributed by atoms with Gasteiger partial charge in [-0.25, -0.2) is 17.5 Å². The van der Waals surface area contributed by atoms with Crippen molar-refractivity contribution in [3.8, 4) is 0 Å². The molecule has 0 aromatic heterocycles. The van der Waals surface area contributed by atoms with Crippen molar-refractivity contribution in [1.29, 1.82) is 0 Å². The normalized spacial score (nSPS) is 12.9. The smallest absolute Gasteiger partial charge is 0.326 e. The first-order valence-corrected chi connectivity index (χ1v) is 11.8. The summed E-state index contributed by atoms with van der Waals surface area (Å²) in [5, 5.41) is 2.31. The van der Waals surface area contributed by atoms with Gasteiger partial charge in [-0.1, -0.05) is 42.5 Å². The highest BCUT2D eigenvalue weighted by atomic mass is 32.2. The number of amides is 1. The van der Waals surface area contributed by atoms with Crippen LogP contribution in [0.3, 0.4) is 0 Å². The molecular weight excluding hydrogens is 472 g/mol. The van der Waals surface area contributed by atoms with Crippen molar-refractivity contribution < 1.29 is 30.8 Å². The van der Waals surface area contributed by atoms with Crippen molar-refractivity contribution in [2.45, 2.75) is 36.9 Å². The van der Waals surface area contributed by atoms with Gasteiger partial charge >= 0.3 is 6.18 Å². The fraction of sp³-hybridized carbons (Fsp3) is 0.208.